The number of halogens is 3. The van der Waals surface area contributed by atoms with Gasteiger partial charge in [-0.1, -0.05) is 29.3 Å². The van der Waals surface area contributed by atoms with E-state index in [2.05, 4.69) is 0 Å². The van der Waals surface area contributed by atoms with E-state index in [0.717, 1.165) is 11.3 Å². The molecule has 5 heteroatoms. The predicted octanol–water partition coefficient (Wildman–Crippen LogP) is 4.82. The van der Waals surface area contributed by atoms with Gasteiger partial charge in [-0.25, -0.2) is 4.39 Å². The summed E-state index contributed by atoms with van der Waals surface area (Å²) >= 11 is 12.2. The quantitative estimate of drug-likeness (QED) is 0.817. The first-order valence-electron chi connectivity index (χ1n) is 7.12. The molecule has 0 aliphatic heterocycles. The number of benzene rings is 2. The first-order valence-corrected chi connectivity index (χ1v) is 7.87. The maximum absolute atomic E-state index is 14.0. The molecular weight excluding hydrogens is 324 g/mol. The Hall–Kier alpha value is -1.29. The second-order valence-corrected chi connectivity index (χ2v) is 5.80. The minimum absolute atomic E-state index is 0.130. The van der Waals surface area contributed by atoms with Crippen molar-refractivity contribution >= 4 is 23.2 Å². The highest BCUT2D eigenvalue weighted by atomic mass is 35.5. The van der Waals surface area contributed by atoms with Crippen LogP contribution in [0.5, 0.6) is 5.75 Å². The van der Waals surface area contributed by atoms with Gasteiger partial charge in [0.25, 0.3) is 0 Å². The zero-order valence-electron chi connectivity index (χ0n) is 12.3. The topological polar surface area (TPSA) is 35.2 Å². The molecule has 2 rings (SSSR count). The average Bonchev–Trinajstić information content (AvgIpc) is 2.49. The van der Waals surface area contributed by atoms with Crippen LogP contribution in [0.4, 0.5) is 4.39 Å². The van der Waals surface area contributed by atoms with E-state index < -0.39 is 0 Å². The van der Waals surface area contributed by atoms with Gasteiger partial charge in [0, 0.05) is 27.1 Å². The summed E-state index contributed by atoms with van der Waals surface area (Å²) in [6.07, 6.45) is 0.391. The van der Waals surface area contributed by atoms with Gasteiger partial charge in [-0.05, 0) is 50.2 Å². The summed E-state index contributed by atoms with van der Waals surface area (Å²) in [6, 6.07) is 10.1. The van der Waals surface area contributed by atoms with Crippen LogP contribution in [0.2, 0.25) is 10.0 Å². The van der Waals surface area contributed by atoms with Crippen molar-refractivity contribution in [2.45, 2.75) is 19.3 Å². The van der Waals surface area contributed by atoms with Crippen LogP contribution in [0.3, 0.4) is 0 Å². The summed E-state index contributed by atoms with van der Waals surface area (Å²) in [5.74, 6) is 0.260. The summed E-state index contributed by atoms with van der Waals surface area (Å²) in [4.78, 5) is 0. The fraction of sp³-hybridized carbons (Fsp3) is 0.294. The number of hydrogen-bond acceptors (Lipinski definition) is 2. The zero-order chi connectivity index (χ0) is 16.1. The van der Waals surface area contributed by atoms with Gasteiger partial charge in [0.15, 0.2) is 0 Å². The Morgan fingerprint density at radius 1 is 1.23 bits per heavy atom. The third-order valence-electron chi connectivity index (χ3n) is 3.51. The van der Waals surface area contributed by atoms with Crippen LogP contribution in [-0.4, -0.2) is 13.2 Å². The molecule has 0 spiro atoms. The summed E-state index contributed by atoms with van der Waals surface area (Å²) in [6.45, 7) is 2.78. The summed E-state index contributed by atoms with van der Waals surface area (Å²) < 4.78 is 19.6. The van der Waals surface area contributed by atoms with Crippen molar-refractivity contribution in [1.82, 2.24) is 0 Å². The Morgan fingerprint density at radius 2 is 2.00 bits per heavy atom. The number of rotatable bonds is 6. The Morgan fingerprint density at radius 3 is 2.64 bits per heavy atom. The van der Waals surface area contributed by atoms with Crippen LogP contribution in [0.1, 0.15) is 24.0 Å². The maximum atomic E-state index is 14.0. The lowest BCUT2D eigenvalue weighted by molar-refractivity contribution is 0.334. The lowest BCUT2D eigenvalue weighted by Crippen LogP contribution is -2.17. The second-order valence-electron chi connectivity index (χ2n) is 4.95. The third-order valence-corrected chi connectivity index (χ3v) is 4.10. The van der Waals surface area contributed by atoms with Crippen molar-refractivity contribution in [3.8, 4) is 5.75 Å². The monoisotopic (exact) mass is 341 g/mol. The minimum Gasteiger partial charge on any atom is -0.494 e. The Balaban J connectivity index is 2.38. The molecule has 1 atom stereocenters. The standard InChI is InChI=1S/C17H18Cl2FNO/c1-2-22-17-7-6-12(18)9-13(17)11(10-21)8-14-15(19)4-3-5-16(14)20/h3-7,9,11H,2,8,10,21H2,1H3. The Bertz CT molecular complexity index is 628. The molecule has 0 bridgehead atoms. The fourth-order valence-corrected chi connectivity index (χ4v) is 2.84. The molecule has 0 aromatic heterocycles. The van der Waals surface area contributed by atoms with E-state index in [4.69, 9.17) is 33.7 Å². The van der Waals surface area contributed by atoms with Crippen LogP contribution in [-0.2, 0) is 6.42 Å². The van der Waals surface area contributed by atoms with Crippen molar-refractivity contribution < 1.29 is 9.13 Å². The van der Waals surface area contributed by atoms with E-state index in [9.17, 15) is 4.39 Å². The highest BCUT2D eigenvalue weighted by molar-refractivity contribution is 6.31. The first kappa shape index (κ1) is 17.1. The van der Waals surface area contributed by atoms with E-state index >= 15 is 0 Å². The number of ether oxygens (including phenoxy) is 1. The SMILES string of the molecule is CCOc1ccc(Cl)cc1C(CN)Cc1c(F)cccc1Cl. The highest BCUT2D eigenvalue weighted by Gasteiger charge is 2.19. The molecule has 0 aliphatic carbocycles. The van der Waals surface area contributed by atoms with Crippen molar-refractivity contribution in [1.29, 1.82) is 0 Å². The van der Waals surface area contributed by atoms with Gasteiger partial charge >= 0.3 is 0 Å². The molecule has 0 amide bonds. The van der Waals surface area contributed by atoms with Gasteiger partial charge in [0.05, 0.1) is 6.61 Å². The van der Waals surface area contributed by atoms with E-state index in [1.165, 1.54) is 6.07 Å². The van der Waals surface area contributed by atoms with Crippen LogP contribution in [0.15, 0.2) is 36.4 Å². The molecule has 2 aromatic carbocycles. The fourth-order valence-electron chi connectivity index (χ4n) is 2.42. The molecule has 22 heavy (non-hydrogen) atoms. The van der Waals surface area contributed by atoms with Crippen LogP contribution < -0.4 is 10.5 Å². The number of hydrogen-bond donors (Lipinski definition) is 1. The molecule has 0 radical (unpaired) electrons. The van der Waals surface area contributed by atoms with E-state index in [-0.39, 0.29) is 11.7 Å². The van der Waals surface area contributed by atoms with Gasteiger partial charge in [-0.3, -0.25) is 0 Å². The Kier molecular flexibility index (Phi) is 6.07. The third kappa shape index (κ3) is 3.92. The first-order chi connectivity index (χ1) is 10.6. The largest absolute Gasteiger partial charge is 0.494 e. The highest BCUT2D eigenvalue weighted by Crippen LogP contribution is 2.33. The maximum Gasteiger partial charge on any atom is 0.127 e. The van der Waals surface area contributed by atoms with Crippen molar-refractivity contribution in [3.63, 3.8) is 0 Å². The molecule has 0 fully saturated rings. The molecular formula is C17H18Cl2FNO. The van der Waals surface area contributed by atoms with Crippen molar-refractivity contribution in [2.24, 2.45) is 5.73 Å². The van der Waals surface area contributed by atoms with E-state index in [0.29, 0.717) is 35.2 Å². The van der Waals surface area contributed by atoms with Crippen molar-refractivity contribution in [3.05, 3.63) is 63.4 Å². The lowest BCUT2D eigenvalue weighted by atomic mass is 9.91. The van der Waals surface area contributed by atoms with E-state index in [1.807, 2.05) is 19.1 Å². The normalized spacial score (nSPS) is 12.2. The van der Waals surface area contributed by atoms with Gasteiger partial charge < -0.3 is 10.5 Å². The van der Waals surface area contributed by atoms with Gasteiger partial charge in [-0.15, -0.1) is 0 Å². The molecule has 1 unspecified atom stereocenters. The zero-order valence-corrected chi connectivity index (χ0v) is 13.8. The molecule has 2 N–H and O–H groups in total. The predicted molar refractivity (Wildman–Crippen MR) is 89.5 cm³/mol. The van der Waals surface area contributed by atoms with Crippen LogP contribution in [0, 0.1) is 5.82 Å². The van der Waals surface area contributed by atoms with Gasteiger partial charge in [-0.2, -0.15) is 0 Å². The van der Waals surface area contributed by atoms with E-state index in [1.54, 1.807) is 18.2 Å². The summed E-state index contributed by atoms with van der Waals surface area (Å²) in [7, 11) is 0. The molecule has 0 saturated carbocycles. The molecule has 0 aliphatic rings. The summed E-state index contributed by atoms with van der Waals surface area (Å²) in [5, 5.41) is 0.995. The molecule has 118 valence electrons. The molecule has 2 aromatic rings. The number of nitrogens with two attached hydrogens (primary N) is 1. The lowest BCUT2D eigenvalue weighted by Gasteiger charge is -2.20. The van der Waals surface area contributed by atoms with Gasteiger partial charge in [0.2, 0.25) is 0 Å². The van der Waals surface area contributed by atoms with Crippen LogP contribution in [0.25, 0.3) is 0 Å². The van der Waals surface area contributed by atoms with Crippen LogP contribution >= 0.6 is 23.2 Å². The minimum atomic E-state index is -0.328. The van der Waals surface area contributed by atoms with Crippen molar-refractivity contribution in [2.75, 3.05) is 13.2 Å². The summed E-state index contributed by atoms with van der Waals surface area (Å²) in [5.41, 5.74) is 7.24. The molecule has 0 heterocycles. The molecule has 0 saturated heterocycles. The average molecular weight is 342 g/mol. The molecule has 2 nitrogen and oxygen atoms in total. The smallest absolute Gasteiger partial charge is 0.127 e. The van der Waals surface area contributed by atoms with Gasteiger partial charge in [0.1, 0.15) is 11.6 Å². The Labute approximate surface area is 140 Å². The second kappa shape index (κ2) is 7.82.